The minimum absolute atomic E-state index is 0.162. The molecule has 0 unspecified atom stereocenters. The van der Waals surface area contributed by atoms with E-state index in [0.29, 0.717) is 11.4 Å². The van der Waals surface area contributed by atoms with Crippen LogP contribution in [0, 0.1) is 0 Å². The number of fused-ring (bicyclic) bond motifs is 1. The predicted octanol–water partition coefficient (Wildman–Crippen LogP) is 2.45. The fourth-order valence-electron chi connectivity index (χ4n) is 1.51. The highest BCUT2D eigenvalue weighted by atomic mass is 16.4. The number of hydrogen-bond acceptors (Lipinski definition) is 3. The molecule has 82 valence electrons. The average Bonchev–Trinajstić information content (AvgIpc) is 2.27. The molecule has 0 saturated carbocycles. The van der Waals surface area contributed by atoms with Crippen molar-refractivity contribution >= 4 is 16.9 Å². The summed E-state index contributed by atoms with van der Waals surface area (Å²) in [7, 11) is 0. The van der Waals surface area contributed by atoms with E-state index in [0.717, 1.165) is 5.39 Å². The highest BCUT2D eigenvalue weighted by Crippen LogP contribution is 2.19. The molecule has 1 N–H and O–H groups in total. The Balaban J connectivity index is 2.57. The maximum absolute atomic E-state index is 10.7. The van der Waals surface area contributed by atoms with Crippen LogP contribution >= 0.6 is 0 Å². The summed E-state index contributed by atoms with van der Waals surface area (Å²) in [6.07, 6.45) is 1.55. The van der Waals surface area contributed by atoms with Crippen molar-refractivity contribution in [2.45, 2.75) is 19.8 Å². The predicted molar refractivity (Wildman–Crippen MR) is 60.6 cm³/mol. The SMILES string of the molecule is CC(C)c1ccc2nc(C(=O)O)ncc2c1. The fourth-order valence-corrected chi connectivity index (χ4v) is 1.51. The monoisotopic (exact) mass is 216 g/mol. The zero-order valence-corrected chi connectivity index (χ0v) is 9.14. The highest BCUT2D eigenvalue weighted by molar-refractivity contribution is 5.87. The van der Waals surface area contributed by atoms with Crippen LogP contribution in [-0.4, -0.2) is 21.0 Å². The summed E-state index contributed by atoms with van der Waals surface area (Å²) in [5.74, 6) is -0.830. The van der Waals surface area contributed by atoms with Gasteiger partial charge in [-0.05, 0) is 23.6 Å². The lowest BCUT2D eigenvalue weighted by Crippen LogP contribution is -2.03. The Morgan fingerprint density at radius 1 is 1.38 bits per heavy atom. The van der Waals surface area contributed by atoms with Crippen molar-refractivity contribution < 1.29 is 9.90 Å². The Morgan fingerprint density at radius 2 is 2.12 bits per heavy atom. The number of carbonyl (C=O) groups is 1. The van der Waals surface area contributed by atoms with Crippen LogP contribution in [0.5, 0.6) is 0 Å². The molecule has 0 amide bonds. The lowest BCUT2D eigenvalue weighted by Gasteiger charge is -2.06. The molecule has 2 aromatic rings. The molecule has 2 rings (SSSR count). The van der Waals surface area contributed by atoms with Crippen molar-refractivity contribution in [3.63, 3.8) is 0 Å². The van der Waals surface area contributed by atoms with E-state index in [1.165, 1.54) is 5.56 Å². The quantitative estimate of drug-likeness (QED) is 0.837. The van der Waals surface area contributed by atoms with Gasteiger partial charge >= 0.3 is 5.97 Å². The molecular formula is C12H12N2O2. The number of nitrogens with zero attached hydrogens (tertiary/aromatic N) is 2. The maximum Gasteiger partial charge on any atom is 0.373 e. The van der Waals surface area contributed by atoms with Gasteiger partial charge in [-0.1, -0.05) is 19.9 Å². The standard InChI is InChI=1S/C12H12N2O2/c1-7(2)8-3-4-10-9(5-8)6-13-11(14-10)12(15)16/h3-7H,1-2H3,(H,15,16). The zero-order chi connectivity index (χ0) is 11.7. The maximum atomic E-state index is 10.7. The fraction of sp³-hybridized carbons (Fsp3) is 0.250. The van der Waals surface area contributed by atoms with Gasteiger partial charge in [-0.15, -0.1) is 0 Å². The molecule has 0 saturated heterocycles. The Kier molecular flexibility index (Phi) is 2.56. The van der Waals surface area contributed by atoms with Crippen LogP contribution in [-0.2, 0) is 0 Å². The third-order valence-corrected chi connectivity index (χ3v) is 2.46. The van der Waals surface area contributed by atoms with Gasteiger partial charge in [-0.2, -0.15) is 0 Å². The second kappa shape index (κ2) is 3.89. The van der Waals surface area contributed by atoms with E-state index in [1.807, 2.05) is 18.2 Å². The Hall–Kier alpha value is -1.97. The Labute approximate surface area is 93.0 Å². The van der Waals surface area contributed by atoms with Crippen molar-refractivity contribution in [3.8, 4) is 0 Å². The summed E-state index contributed by atoms with van der Waals surface area (Å²) >= 11 is 0. The van der Waals surface area contributed by atoms with E-state index >= 15 is 0 Å². The minimum atomic E-state index is -1.10. The van der Waals surface area contributed by atoms with Gasteiger partial charge in [0.05, 0.1) is 5.52 Å². The van der Waals surface area contributed by atoms with Crippen molar-refractivity contribution in [3.05, 3.63) is 35.8 Å². The average molecular weight is 216 g/mol. The van der Waals surface area contributed by atoms with Gasteiger partial charge in [0.15, 0.2) is 0 Å². The van der Waals surface area contributed by atoms with E-state index in [2.05, 4.69) is 23.8 Å². The van der Waals surface area contributed by atoms with Crippen LogP contribution in [0.1, 0.15) is 35.9 Å². The number of carboxylic acids is 1. The van der Waals surface area contributed by atoms with Crippen LogP contribution in [0.3, 0.4) is 0 Å². The van der Waals surface area contributed by atoms with Crippen LogP contribution in [0.15, 0.2) is 24.4 Å². The van der Waals surface area contributed by atoms with Gasteiger partial charge in [0.1, 0.15) is 0 Å². The topological polar surface area (TPSA) is 63.1 Å². The second-order valence-corrected chi connectivity index (χ2v) is 3.97. The number of hydrogen-bond donors (Lipinski definition) is 1. The molecule has 1 heterocycles. The van der Waals surface area contributed by atoms with Crippen molar-refractivity contribution in [1.29, 1.82) is 0 Å². The first-order chi connectivity index (χ1) is 7.58. The van der Waals surface area contributed by atoms with Crippen LogP contribution in [0.25, 0.3) is 10.9 Å². The first-order valence-electron chi connectivity index (χ1n) is 5.08. The summed E-state index contributed by atoms with van der Waals surface area (Å²) in [5, 5.41) is 9.63. The summed E-state index contributed by atoms with van der Waals surface area (Å²) in [6.45, 7) is 4.21. The molecule has 0 aliphatic carbocycles. The van der Waals surface area contributed by atoms with Crippen LogP contribution < -0.4 is 0 Å². The smallest absolute Gasteiger partial charge is 0.373 e. The number of aromatic carboxylic acids is 1. The lowest BCUT2D eigenvalue weighted by atomic mass is 10.0. The van der Waals surface area contributed by atoms with Crippen LogP contribution in [0.4, 0.5) is 0 Å². The van der Waals surface area contributed by atoms with Gasteiger partial charge in [0.25, 0.3) is 0 Å². The molecule has 0 aliphatic heterocycles. The molecule has 0 bridgehead atoms. The molecule has 0 atom stereocenters. The van der Waals surface area contributed by atoms with E-state index in [1.54, 1.807) is 6.20 Å². The van der Waals surface area contributed by atoms with E-state index < -0.39 is 5.97 Å². The molecule has 0 fully saturated rings. The zero-order valence-electron chi connectivity index (χ0n) is 9.14. The lowest BCUT2D eigenvalue weighted by molar-refractivity contribution is 0.0684. The number of carboxylic acid groups (broad SMARTS) is 1. The third kappa shape index (κ3) is 1.86. The number of aromatic nitrogens is 2. The molecule has 1 aromatic carbocycles. The van der Waals surface area contributed by atoms with Gasteiger partial charge < -0.3 is 5.11 Å². The van der Waals surface area contributed by atoms with Crippen molar-refractivity contribution in [1.82, 2.24) is 9.97 Å². The van der Waals surface area contributed by atoms with Crippen molar-refractivity contribution in [2.24, 2.45) is 0 Å². The van der Waals surface area contributed by atoms with Crippen LogP contribution in [0.2, 0.25) is 0 Å². The van der Waals surface area contributed by atoms with Gasteiger partial charge in [-0.3, -0.25) is 0 Å². The summed E-state index contributed by atoms with van der Waals surface area (Å²) < 4.78 is 0. The molecular weight excluding hydrogens is 204 g/mol. The van der Waals surface area contributed by atoms with Gasteiger partial charge in [0, 0.05) is 11.6 Å². The molecule has 1 aromatic heterocycles. The second-order valence-electron chi connectivity index (χ2n) is 3.97. The molecule has 0 radical (unpaired) electrons. The van der Waals surface area contributed by atoms with E-state index in [9.17, 15) is 4.79 Å². The minimum Gasteiger partial charge on any atom is -0.475 e. The summed E-state index contributed by atoms with van der Waals surface area (Å²) in [4.78, 5) is 18.5. The first kappa shape index (κ1) is 10.5. The Bertz CT molecular complexity index is 550. The van der Waals surface area contributed by atoms with Gasteiger partial charge in [-0.25, -0.2) is 14.8 Å². The highest BCUT2D eigenvalue weighted by Gasteiger charge is 2.08. The normalized spacial score (nSPS) is 10.9. The van der Waals surface area contributed by atoms with Crippen molar-refractivity contribution in [2.75, 3.05) is 0 Å². The number of rotatable bonds is 2. The molecule has 0 spiro atoms. The molecule has 16 heavy (non-hydrogen) atoms. The van der Waals surface area contributed by atoms with Gasteiger partial charge in [0.2, 0.25) is 5.82 Å². The molecule has 0 aliphatic rings. The largest absolute Gasteiger partial charge is 0.475 e. The summed E-state index contributed by atoms with van der Waals surface area (Å²) in [6, 6.07) is 5.79. The number of benzene rings is 1. The molecule has 4 nitrogen and oxygen atoms in total. The molecule has 4 heteroatoms. The summed E-state index contributed by atoms with van der Waals surface area (Å²) in [5.41, 5.74) is 1.86. The Morgan fingerprint density at radius 3 is 2.75 bits per heavy atom. The van der Waals surface area contributed by atoms with E-state index in [-0.39, 0.29) is 5.82 Å². The first-order valence-corrected chi connectivity index (χ1v) is 5.08. The van der Waals surface area contributed by atoms with E-state index in [4.69, 9.17) is 5.11 Å². The third-order valence-electron chi connectivity index (χ3n) is 2.46.